The predicted molar refractivity (Wildman–Crippen MR) is 102 cm³/mol. The van der Waals surface area contributed by atoms with Gasteiger partial charge in [-0.3, -0.25) is 0 Å². The molecule has 2 N–H and O–H groups in total. The third kappa shape index (κ3) is 2.39. The molecule has 140 valence electrons. The molecule has 3 aliphatic rings. The number of amidine groups is 1. The summed E-state index contributed by atoms with van der Waals surface area (Å²) in [7, 11) is 1.74. The second-order valence-electron chi connectivity index (χ2n) is 7.76. The number of aromatic nitrogens is 2. The number of nitrogens with two attached hydrogens (primary N) is 1. The molecule has 0 radical (unpaired) electrons. The van der Waals surface area contributed by atoms with Gasteiger partial charge in [-0.05, 0) is 54.9 Å². The van der Waals surface area contributed by atoms with Crippen molar-refractivity contribution in [3.05, 3.63) is 48.0 Å². The van der Waals surface area contributed by atoms with E-state index in [0.29, 0.717) is 0 Å². The van der Waals surface area contributed by atoms with Gasteiger partial charge in [0.1, 0.15) is 18.4 Å². The Bertz CT molecular complexity index is 974. The smallest absolute Gasteiger partial charge is 0.283 e. The maximum absolute atomic E-state index is 8.82. The lowest BCUT2D eigenvalue weighted by molar-refractivity contribution is -0.00983. The molecule has 1 aromatic carbocycles. The van der Waals surface area contributed by atoms with Crippen LogP contribution in [0.15, 0.2) is 41.9 Å². The third-order valence-corrected chi connectivity index (χ3v) is 6.49. The highest BCUT2D eigenvalue weighted by Crippen LogP contribution is 2.61. The number of fused-ring (bicyclic) bond motifs is 3. The van der Waals surface area contributed by atoms with E-state index >= 15 is 0 Å². The fourth-order valence-corrected chi connectivity index (χ4v) is 5.07. The zero-order valence-corrected chi connectivity index (χ0v) is 15.3. The van der Waals surface area contributed by atoms with E-state index in [1.807, 2.05) is 12.1 Å². The van der Waals surface area contributed by atoms with E-state index in [9.17, 15) is 0 Å². The van der Waals surface area contributed by atoms with Crippen molar-refractivity contribution in [1.82, 2.24) is 9.97 Å². The van der Waals surface area contributed by atoms with Crippen LogP contribution in [0, 0.1) is 5.41 Å². The summed E-state index contributed by atoms with van der Waals surface area (Å²) in [5.74, 6) is 0. The minimum atomic E-state index is -2.02. The van der Waals surface area contributed by atoms with E-state index in [1.165, 1.54) is 6.33 Å². The van der Waals surface area contributed by atoms with Crippen molar-refractivity contribution in [1.29, 1.82) is 0 Å². The molecule has 1 saturated carbocycles. The minimum Gasteiger partial charge on any atom is -0.462 e. The second kappa shape index (κ2) is 6.02. The lowest BCUT2D eigenvalue weighted by Gasteiger charge is -2.45. The second-order valence-corrected chi connectivity index (χ2v) is 7.76. The lowest BCUT2D eigenvalue weighted by atomic mass is 9.62. The van der Waals surface area contributed by atoms with Gasteiger partial charge in [-0.1, -0.05) is 12.1 Å². The Hall–Kier alpha value is -2.47. The van der Waals surface area contributed by atoms with Crippen LogP contribution in [0.2, 0.25) is 0 Å². The SMILES string of the molecule is [2H]C1([2H])OC(N)=N[C@]12c1cc(-c3cncnc3)ccc1CC21CCC(OC)CC1. The Balaban J connectivity index is 1.69. The number of rotatable bonds is 2. The molecule has 2 aliphatic carbocycles. The lowest BCUT2D eigenvalue weighted by Crippen LogP contribution is -2.46. The average Bonchev–Trinajstić information content (AvgIpc) is 3.13. The summed E-state index contributed by atoms with van der Waals surface area (Å²) in [5, 5.41) is 0. The molecule has 27 heavy (non-hydrogen) atoms. The van der Waals surface area contributed by atoms with Gasteiger partial charge in [0, 0.05) is 30.5 Å². The molecule has 6 nitrogen and oxygen atoms in total. The Morgan fingerprint density at radius 3 is 2.67 bits per heavy atom. The number of hydrogen-bond donors (Lipinski definition) is 1. The molecule has 1 atom stereocenters. The van der Waals surface area contributed by atoms with Gasteiger partial charge >= 0.3 is 0 Å². The number of nitrogens with zero attached hydrogens (tertiary/aromatic N) is 3. The monoisotopic (exact) mass is 366 g/mol. The van der Waals surface area contributed by atoms with Crippen LogP contribution in [0.5, 0.6) is 0 Å². The van der Waals surface area contributed by atoms with Crippen molar-refractivity contribution in [2.45, 2.75) is 43.7 Å². The maximum Gasteiger partial charge on any atom is 0.283 e. The van der Waals surface area contributed by atoms with Gasteiger partial charge in [0.2, 0.25) is 0 Å². The summed E-state index contributed by atoms with van der Waals surface area (Å²) in [6, 6.07) is 6.07. The maximum atomic E-state index is 8.82. The molecule has 1 aromatic heterocycles. The van der Waals surface area contributed by atoms with Gasteiger partial charge < -0.3 is 15.2 Å². The summed E-state index contributed by atoms with van der Waals surface area (Å²) in [4.78, 5) is 12.9. The van der Waals surface area contributed by atoms with E-state index in [-0.39, 0.29) is 17.5 Å². The highest BCUT2D eigenvalue weighted by Gasteiger charge is 2.61. The Kier molecular flexibility index (Phi) is 3.25. The molecule has 0 saturated heterocycles. The van der Waals surface area contributed by atoms with Crippen LogP contribution in [-0.2, 0) is 21.4 Å². The summed E-state index contributed by atoms with van der Waals surface area (Å²) in [6.45, 7) is -2.02. The number of hydrogen-bond acceptors (Lipinski definition) is 6. The molecule has 1 fully saturated rings. The molecule has 5 rings (SSSR count). The first-order valence-corrected chi connectivity index (χ1v) is 9.37. The van der Waals surface area contributed by atoms with Gasteiger partial charge in [0.05, 0.1) is 8.85 Å². The van der Waals surface area contributed by atoms with E-state index in [1.54, 1.807) is 19.5 Å². The summed E-state index contributed by atoms with van der Waals surface area (Å²) in [6.07, 6.45) is 9.33. The largest absolute Gasteiger partial charge is 0.462 e. The topological polar surface area (TPSA) is 82.6 Å². The predicted octanol–water partition coefficient (Wildman–Crippen LogP) is 2.82. The molecule has 0 amide bonds. The Labute approximate surface area is 161 Å². The standard InChI is InChI=1S/C21H24N4O2/c1-26-17-4-6-20(7-5-17)9-15-3-2-14(16-10-23-13-24-11-16)8-18(15)21(20)12-27-19(22)25-21/h2-3,8,10-11,13,17H,4-7,9,12H2,1H3,(H2,22,25)/t17?,20?,21-/m0/s1/i12D2. The fourth-order valence-electron chi connectivity index (χ4n) is 5.07. The van der Waals surface area contributed by atoms with Crippen molar-refractivity contribution in [2.24, 2.45) is 16.1 Å². The Morgan fingerprint density at radius 1 is 1.22 bits per heavy atom. The van der Waals surface area contributed by atoms with E-state index in [2.05, 4.69) is 16.0 Å². The molecular weight excluding hydrogens is 340 g/mol. The van der Waals surface area contributed by atoms with Crippen LogP contribution < -0.4 is 5.73 Å². The third-order valence-electron chi connectivity index (χ3n) is 6.49. The van der Waals surface area contributed by atoms with Crippen LogP contribution >= 0.6 is 0 Å². The fraction of sp³-hybridized carbons (Fsp3) is 0.476. The quantitative estimate of drug-likeness (QED) is 0.884. The van der Waals surface area contributed by atoms with Crippen molar-refractivity contribution >= 4 is 6.02 Å². The summed E-state index contributed by atoms with van der Waals surface area (Å²) in [5.41, 5.74) is 8.19. The minimum absolute atomic E-state index is 0.0791. The molecule has 2 heterocycles. The van der Waals surface area contributed by atoms with Gasteiger partial charge in [-0.25, -0.2) is 15.0 Å². The van der Waals surface area contributed by atoms with Crippen LogP contribution in [0.25, 0.3) is 11.1 Å². The number of benzene rings is 1. The highest BCUT2D eigenvalue weighted by molar-refractivity contribution is 5.75. The number of aliphatic imine (C=N–C) groups is 1. The van der Waals surface area contributed by atoms with Crippen molar-refractivity contribution in [3.8, 4) is 11.1 Å². The van der Waals surface area contributed by atoms with Crippen LogP contribution in [-0.4, -0.2) is 35.8 Å². The van der Waals surface area contributed by atoms with E-state index in [0.717, 1.165) is 54.4 Å². The first kappa shape index (κ1) is 14.6. The molecule has 1 aliphatic heterocycles. The first-order chi connectivity index (χ1) is 13.9. The van der Waals surface area contributed by atoms with Gasteiger partial charge in [-0.15, -0.1) is 0 Å². The molecule has 0 bridgehead atoms. The molecule has 2 aromatic rings. The highest BCUT2D eigenvalue weighted by atomic mass is 16.5. The zero-order chi connectivity index (χ0) is 20.3. The van der Waals surface area contributed by atoms with Crippen LogP contribution in [0.4, 0.5) is 0 Å². The van der Waals surface area contributed by atoms with Crippen LogP contribution in [0.3, 0.4) is 0 Å². The summed E-state index contributed by atoms with van der Waals surface area (Å²) < 4.78 is 28.7. The molecule has 0 unspecified atom stereocenters. The summed E-state index contributed by atoms with van der Waals surface area (Å²) >= 11 is 0. The first-order valence-electron chi connectivity index (χ1n) is 10.4. The number of ether oxygens (including phenoxy) is 2. The molecule has 2 spiro atoms. The van der Waals surface area contributed by atoms with Gasteiger partial charge in [-0.2, -0.15) is 0 Å². The zero-order valence-electron chi connectivity index (χ0n) is 17.3. The Morgan fingerprint density at radius 2 is 2.00 bits per heavy atom. The van der Waals surface area contributed by atoms with Crippen molar-refractivity contribution < 1.29 is 12.2 Å². The van der Waals surface area contributed by atoms with Gasteiger partial charge in [0.25, 0.3) is 6.02 Å². The van der Waals surface area contributed by atoms with Gasteiger partial charge in [0.15, 0.2) is 0 Å². The van der Waals surface area contributed by atoms with Crippen molar-refractivity contribution in [3.63, 3.8) is 0 Å². The molecular formula is C21H24N4O2. The average molecular weight is 366 g/mol. The number of methoxy groups -OCH3 is 1. The van der Waals surface area contributed by atoms with Crippen molar-refractivity contribution in [2.75, 3.05) is 13.7 Å². The van der Waals surface area contributed by atoms with Crippen LogP contribution in [0.1, 0.15) is 39.6 Å². The van der Waals surface area contributed by atoms with E-state index < -0.39 is 12.1 Å². The van der Waals surface area contributed by atoms with E-state index in [4.69, 9.17) is 22.9 Å². The normalized spacial score (nSPS) is 34.7. The molecule has 6 heteroatoms.